The fraction of sp³-hybridized carbons (Fsp3) is 0.556. The van der Waals surface area contributed by atoms with E-state index in [9.17, 15) is 9.59 Å². The minimum absolute atomic E-state index is 0.00864. The van der Waals surface area contributed by atoms with E-state index in [1.165, 1.54) is 18.2 Å². The van der Waals surface area contributed by atoms with Crippen molar-refractivity contribution in [3.8, 4) is 0 Å². The second-order valence-corrected chi connectivity index (χ2v) is 6.40. The highest BCUT2D eigenvalue weighted by molar-refractivity contribution is 5.87. The summed E-state index contributed by atoms with van der Waals surface area (Å²) in [5.74, 6) is -0.0514. The smallest absolute Gasteiger partial charge is 0.247 e. The average Bonchev–Trinajstić information content (AvgIpc) is 2.62. The molecule has 1 atom stereocenters. The fourth-order valence-electron chi connectivity index (χ4n) is 3.48. The molecule has 2 heterocycles. The summed E-state index contributed by atoms with van der Waals surface area (Å²) in [7, 11) is 0. The van der Waals surface area contributed by atoms with Gasteiger partial charge in [-0.3, -0.25) is 9.59 Å². The highest BCUT2D eigenvalue weighted by Gasteiger charge is 2.35. The summed E-state index contributed by atoms with van der Waals surface area (Å²) >= 11 is 0. The molecule has 1 aromatic rings. The van der Waals surface area contributed by atoms with E-state index in [1.54, 1.807) is 4.90 Å². The first-order valence-electron chi connectivity index (χ1n) is 8.52. The van der Waals surface area contributed by atoms with Crippen LogP contribution < -0.4 is 4.90 Å². The highest BCUT2D eigenvalue weighted by atomic mass is 16.5. The van der Waals surface area contributed by atoms with Gasteiger partial charge in [-0.2, -0.15) is 0 Å². The van der Waals surface area contributed by atoms with E-state index < -0.39 is 6.04 Å². The minimum atomic E-state index is -0.471. The van der Waals surface area contributed by atoms with Gasteiger partial charge in [-0.1, -0.05) is 18.2 Å². The Balaban J connectivity index is 1.62. The Morgan fingerprint density at radius 2 is 1.79 bits per heavy atom. The van der Waals surface area contributed by atoms with E-state index in [4.69, 9.17) is 4.74 Å². The van der Waals surface area contributed by atoms with Gasteiger partial charge in [0.1, 0.15) is 6.04 Å². The number of piperazine rings is 1. The number of hydrogen-bond donors (Lipinski definition) is 0. The standard InChI is InChI=1S/C18H25N3O3/c1-14-5-3-4-6-16(14)19-7-9-20(10-8-19)18(23)17-13-24-12-11-21(17)15(2)22/h3-6,17H,7-13H2,1-2H3. The summed E-state index contributed by atoms with van der Waals surface area (Å²) < 4.78 is 5.43. The molecule has 0 aliphatic carbocycles. The predicted octanol–water partition coefficient (Wildman–Crippen LogP) is 0.891. The second kappa shape index (κ2) is 7.21. The van der Waals surface area contributed by atoms with Crippen LogP contribution >= 0.6 is 0 Å². The quantitative estimate of drug-likeness (QED) is 0.808. The Hall–Kier alpha value is -2.08. The number of anilines is 1. The number of carbonyl (C=O) groups is 2. The lowest BCUT2D eigenvalue weighted by Crippen LogP contribution is -2.59. The van der Waals surface area contributed by atoms with Gasteiger partial charge in [-0.05, 0) is 18.6 Å². The Kier molecular flexibility index (Phi) is 5.04. The number of ether oxygens (including phenoxy) is 1. The molecule has 0 N–H and O–H groups in total. The van der Waals surface area contributed by atoms with Crippen molar-refractivity contribution < 1.29 is 14.3 Å². The molecule has 6 heteroatoms. The van der Waals surface area contributed by atoms with Gasteiger partial charge in [0.15, 0.2) is 0 Å². The monoisotopic (exact) mass is 331 g/mol. The molecule has 0 saturated carbocycles. The van der Waals surface area contributed by atoms with E-state index in [0.29, 0.717) is 32.8 Å². The van der Waals surface area contributed by atoms with Crippen LogP contribution in [0, 0.1) is 6.92 Å². The van der Waals surface area contributed by atoms with Crippen LogP contribution in [0.2, 0.25) is 0 Å². The Bertz CT molecular complexity index is 611. The summed E-state index contributed by atoms with van der Waals surface area (Å²) in [6, 6.07) is 7.85. The van der Waals surface area contributed by atoms with Crippen molar-refractivity contribution in [2.75, 3.05) is 50.8 Å². The van der Waals surface area contributed by atoms with Crippen LogP contribution in [0.3, 0.4) is 0 Å². The van der Waals surface area contributed by atoms with Crippen LogP contribution in [-0.2, 0) is 14.3 Å². The molecule has 0 spiro atoms. The molecule has 0 bridgehead atoms. The van der Waals surface area contributed by atoms with E-state index in [-0.39, 0.29) is 11.8 Å². The van der Waals surface area contributed by atoms with Gasteiger partial charge >= 0.3 is 0 Å². The summed E-state index contributed by atoms with van der Waals surface area (Å²) in [5.41, 5.74) is 2.48. The van der Waals surface area contributed by atoms with Crippen molar-refractivity contribution in [2.45, 2.75) is 19.9 Å². The Labute approximate surface area is 143 Å². The molecule has 2 saturated heterocycles. The van der Waals surface area contributed by atoms with E-state index in [1.807, 2.05) is 17.0 Å². The normalized spacial score (nSPS) is 21.8. The van der Waals surface area contributed by atoms with Gasteiger partial charge in [0.25, 0.3) is 0 Å². The molecular weight excluding hydrogens is 306 g/mol. The van der Waals surface area contributed by atoms with Gasteiger partial charge in [0.05, 0.1) is 13.2 Å². The van der Waals surface area contributed by atoms with Crippen molar-refractivity contribution in [1.82, 2.24) is 9.80 Å². The molecule has 0 radical (unpaired) electrons. The first kappa shape index (κ1) is 16.8. The minimum Gasteiger partial charge on any atom is -0.377 e. The number of rotatable bonds is 2. The van der Waals surface area contributed by atoms with Gasteiger partial charge in [0.2, 0.25) is 11.8 Å². The first-order valence-corrected chi connectivity index (χ1v) is 8.52. The first-order chi connectivity index (χ1) is 11.6. The maximum atomic E-state index is 12.8. The lowest BCUT2D eigenvalue weighted by Gasteiger charge is -2.41. The molecule has 1 aromatic carbocycles. The van der Waals surface area contributed by atoms with Gasteiger partial charge in [-0.15, -0.1) is 0 Å². The number of aryl methyl sites for hydroxylation is 1. The Morgan fingerprint density at radius 1 is 1.08 bits per heavy atom. The summed E-state index contributed by atoms with van der Waals surface area (Å²) in [6.45, 7) is 7.90. The number of amides is 2. The SMILES string of the molecule is CC(=O)N1CCOCC1C(=O)N1CCN(c2ccccc2C)CC1. The summed E-state index contributed by atoms with van der Waals surface area (Å²) in [4.78, 5) is 30.4. The van der Waals surface area contributed by atoms with Crippen LogP contribution in [0.5, 0.6) is 0 Å². The zero-order valence-corrected chi connectivity index (χ0v) is 14.4. The van der Waals surface area contributed by atoms with E-state index in [0.717, 1.165) is 13.1 Å². The van der Waals surface area contributed by atoms with Crippen molar-refractivity contribution in [3.63, 3.8) is 0 Å². The molecule has 1 unspecified atom stereocenters. The van der Waals surface area contributed by atoms with Crippen molar-refractivity contribution in [1.29, 1.82) is 0 Å². The number of morpholine rings is 1. The molecule has 130 valence electrons. The van der Waals surface area contributed by atoms with Crippen molar-refractivity contribution in [2.24, 2.45) is 0 Å². The van der Waals surface area contributed by atoms with Gasteiger partial charge < -0.3 is 19.4 Å². The maximum absolute atomic E-state index is 12.8. The number of hydrogen-bond acceptors (Lipinski definition) is 4. The fourth-order valence-corrected chi connectivity index (χ4v) is 3.48. The second-order valence-electron chi connectivity index (χ2n) is 6.40. The molecule has 24 heavy (non-hydrogen) atoms. The molecule has 3 rings (SSSR count). The topological polar surface area (TPSA) is 53.1 Å². The van der Waals surface area contributed by atoms with Gasteiger partial charge in [-0.25, -0.2) is 0 Å². The number of carbonyl (C=O) groups excluding carboxylic acids is 2. The predicted molar refractivity (Wildman–Crippen MR) is 92.0 cm³/mol. The number of para-hydroxylation sites is 1. The number of benzene rings is 1. The summed E-state index contributed by atoms with van der Waals surface area (Å²) in [5, 5.41) is 0. The zero-order chi connectivity index (χ0) is 17.1. The molecule has 2 fully saturated rings. The lowest BCUT2D eigenvalue weighted by atomic mass is 10.1. The highest BCUT2D eigenvalue weighted by Crippen LogP contribution is 2.21. The zero-order valence-electron chi connectivity index (χ0n) is 14.4. The van der Waals surface area contributed by atoms with E-state index >= 15 is 0 Å². The van der Waals surface area contributed by atoms with Crippen molar-refractivity contribution >= 4 is 17.5 Å². The van der Waals surface area contributed by atoms with Crippen LogP contribution in [0.1, 0.15) is 12.5 Å². The summed E-state index contributed by atoms with van der Waals surface area (Å²) in [6.07, 6.45) is 0. The lowest BCUT2D eigenvalue weighted by molar-refractivity contribution is -0.153. The van der Waals surface area contributed by atoms with Gasteiger partial charge in [0, 0.05) is 45.3 Å². The average molecular weight is 331 g/mol. The van der Waals surface area contributed by atoms with Crippen LogP contribution in [0.4, 0.5) is 5.69 Å². The molecule has 2 amide bonds. The molecule has 2 aliphatic heterocycles. The van der Waals surface area contributed by atoms with Crippen LogP contribution in [0.25, 0.3) is 0 Å². The number of nitrogens with zero attached hydrogens (tertiary/aromatic N) is 3. The molecule has 2 aliphatic rings. The largest absolute Gasteiger partial charge is 0.377 e. The van der Waals surface area contributed by atoms with E-state index in [2.05, 4.69) is 24.0 Å². The third-order valence-electron chi connectivity index (χ3n) is 4.87. The van der Waals surface area contributed by atoms with Crippen LogP contribution in [-0.4, -0.2) is 73.6 Å². The third-order valence-corrected chi connectivity index (χ3v) is 4.87. The molecule has 6 nitrogen and oxygen atoms in total. The van der Waals surface area contributed by atoms with Crippen molar-refractivity contribution in [3.05, 3.63) is 29.8 Å². The maximum Gasteiger partial charge on any atom is 0.247 e. The third kappa shape index (κ3) is 3.38. The molecule has 0 aromatic heterocycles. The molecular formula is C18H25N3O3. The Morgan fingerprint density at radius 3 is 2.46 bits per heavy atom. The van der Waals surface area contributed by atoms with Crippen LogP contribution in [0.15, 0.2) is 24.3 Å².